The van der Waals surface area contributed by atoms with Crippen LogP contribution in [0.3, 0.4) is 0 Å². The molecule has 1 amide bonds. The summed E-state index contributed by atoms with van der Waals surface area (Å²) >= 11 is 0. The van der Waals surface area contributed by atoms with Crippen molar-refractivity contribution in [3.05, 3.63) is 0 Å². The Morgan fingerprint density at radius 3 is 2.33 bits per heavy atom. The second-order valence-corrected chi connectivity index (χ2v) is 5.59. The van der Waals surface area contributed by atoms with E-state index in [0.29, 0.717) is 11.8 Å². The van der Waals surface area contributed by atoms with Crippen molar-refractivity contribution in [2.45, 2.75) is 45.1 Å². The molecule has 4 heteroatoms. The second-order valence-electron chi connectivity index (χ2n) is 5.59. The predicted molar refractivity (Wildman–Crippen MR) is 71.3 cm³/mol. The Hall–Kier alpha value is -0.610. The number of nitrogens with zero attached hydrogens (tertiary/aromatic N) is 2. The van der Waals surface area contributed by atoms with Crippen molar-refractivity contribution in [3.8, 4) is 0 Å². The molecule has 104 valence electrons. The fraction of sp³-hybridized carbons (Fsp3) is 0.929. The Balaban J connectivity index is 1.80. The van der Waals surface area contributed by atoms with E-state index in [9.17, 15) is 9.90 Å². The van der Waals surface area contributed by atoms with Crippen LogP contribution in [0.25, 0.3) is 0 Å². The summed E-state index contributed by atoms with van der Waals surface area (Å²) in [4.78, 5) is 16.6. The van der Waals surface area contributed by atoms with Crippen LogP contribution in [0.1, 0.15) is 39.0 Å². The van der Waals surface area contributed by atoms with Gasteiger partial charge in [-0.15, -0.1) is 0 Å². The van der Waals surface area contributed by atoms with Gasteiger partial charge in [-0.05, 0) is 19.3 Å². The SMILES string of the molecule is CCC(CO)N1CCN(C(=O)C2CCCC2)CC1. The lowest BCUT2D eigenvalue weighted by Crippen LogP contribution is -2.53. The molecule has 1 saturated heterocycles. The number of aliphatic hydroxyl groups excluding tert-OH is 1. The van der Waals surface area contributed by atoms with E-state index in [-0.39, 0.29) is 12.6 Å². The molecule has 18 heavy (non-hydrogen) atoms. The molecule has 0 bridgehead atoms. The molecule has 0 radical (unpaired) electrons. The van der Waals surface area contributed by atoms with Crippen molar-refractivity contribution in [2.75, 3.05) is 32.8 Å². The molecule has 1 heterocycles. The number of amides is 1. The van der Waals surface area contributed by atoms with Crippen LogP contribution in [0, 0.1) is 5.92 Å². The van der Waals surface area contributed by atoms with E-state index in [1.807, 2.05) is 4.90 Å². The predicted octanol–water partition coefficient (Wildman–Crippen LogP) is 1.09. The third-order valence-electron chi connectivity index (χ3n) is 4.53. The molecule has 1 atom stereocenters. The van der Waals surface area contributed by atoms with Crippen molar-refractivity contribution in [1.29, 1.82) is 0 Å². The Morgan fingerprint density at radius 2 is 1.83 bits per heavy atom. The highest BCUT2D eigenvalue weighted by Gasteiger charge is 2.30. The first-order valence-corrected chi connectivity index (χ1v) is 7.40. The van der Waals surface area contributed by atoms with Gasteiger partial charge in [0.2, 0.25) is 5.91 Å². The highest BCUT2D eigenvalue weighted by atomic mass is 16.3. The lowest BCUT2D eigenvalue weighted by atomic mass is 10.1. The molecular weight excluding hydrogens is 228 g/mol. The molecule has 1 saturated carbocycles. The topological polar surface area (TPSA) is 43.8 Å². The Kier molecular flexibility index (Phi) is 5.01. The Labute approximate surface area is 110 Å². The summed E-state index contributed by atoms with van der Waals surface area (Å²) in [5, 5.41) is 9.30. The van der Waals surface area contributed by atoms with Crippen LogP contribution in [-0.2, 0) is 4.79 Å². The first-order valence-electron chi connectivity index (χ1n) is 7.40. The van der Waals surface area contributed by atoms with Crippen LogP contribution in [-0.4, -0.2) is 59.6 Å². The first-order chi connectivity index (χ1) is 8.76. The van der Waals surface area contributed by atoms with Gasteiger partial charge >= 0.3 is 0 Å². The Morgan fingerprint density at radius 1 is 1.22 bits per heavy atom. The average Bonchev–Trinajstić information content (AvgIpc) is 2.94. The largest absolute Gasteiger partial charge is 0.395 e. The molecule has 1 N–H and O–H groups in total. The first kappa shape index (κ1) is 13.8. The molecule has 2 aliphatic rings. The number of hydrogen-bond donors (Lipinski definition) is 1. The molecule has 2 fully saturated rings. The highest BCUT2D eigenvalue weighted by Crippen LogP contribution is 2.27. The summed E-state index contributed by atoms with van der Waals surface area (Å²) in [6.07, 6.45) is 5.60. The molecule has 0 aromatic rings. The number of carbonyl (C=O) groups excluding carboxylic acids is 1. The van der Waals surface area contributed by atoms with E-state index in [0.717, 1.165) is 45.4 Å². The molecule has 1 aliphatic heterocycles. The summed E-state index contributed by atoms with van der Waals surface area (Å²) in [7, 11) is 0. The van der Waals surface area contributed by atoms with E-state index in [1.54, 1.807) is 0 Å². The molecule has 2 rings (SSSR count). The minimum atomic E-state index is 0.229. The fourth-order valence-electron chi connectivity index (χ4n) is 3.24. The maximum Gasteiger partial charge on any atom is 0.225 e. The average molecular weight is 254 g/mol. The normalized spacial score (nSPS) is 24.4. The van der Waals surface area contributed by atoms with Gasteiger partial charge < -0.3 is 10.0 Å². The van der Waals surface area contributed by atoms with E-state index >= 15 is 0 Å². The van der Waals surface area contributed by atoms with E-state index < -0.39 is 0 Å². The van der Waals surface area contributed by atoms with Gasteiger partial charge in [-0.1, -0.05) is 19.8 Å². The zero-order valence-corrected chi connectivity index (χ0v) is 11.5. The molecule has 0 aromatic carbocycles. The number of hydrogen-bond acceptors (Lipinski definition) is 3. The van der Waals surface area contributed by atoms with Crippen molar-refractivity contribution < 1.29 is 9.90 Å². The molecule has 1 aliphatic carbocycles. The lowest BCUT2D eigenvalue weighted by Gasteiger charge is -2.39. The van der Waals surface area contributed by atoms with Crippen LogP contribution in [0.15, 0.2) is 0 Å². The zero-order chi connectivity index (χ0) is 13.0. The minimum absolute atomic E-state index is 0.229. The van der Waals surface area contributed by atoms with Crippen molar-refractivity contribution in [2.24, 2.45) is 5.92 Å². The van der Waals surface area contributed by atoms with Gasteiger partial charge in [0.15, 0.2) is 0 Å². The maximum atomic E-state index is 12.3. The van der Waals surface area contributed by atoms with Gasteiger partial charge in [-0.2, -0.15) is 0 Å². The van der Waals surface area contributed by atoms with Crippen molar-refractivity contribution in [3.63, 3.8) is 0 Å². The van der Waals surface area contributed by atoms with Gasteiger partial charge in [0.05, 0.1) is 6.61 Å². The summed E-state index contributed by atoms with van der Waals surface area (Å²) in [5.74, 6) is 0.681. The molecule has 0 aromatic heterocycles. The van der Waals surface area contributed by atoms with Crippen molar-refractivity contribution in [1.82, 2.24) is 9.80 Å². The van der Waals surface area contributed by atoms with E-state index in [4.69, 9.17) is 0 Å². The third-order valence-corrected chi connectivity index (χ3v) is 4.53. The summed E-state index contributed by atoms with van der Waals surface area (Å²) in [6, 6.07) is 0.272. The third kappa shape index (κ3) is 3.04. The molecule has 0 spiro atoms. The summed E-state index contributed by atoms with van der Waals surface area (Å²) < 4.78 is 0. The smallest absolute Gasteiger partial charge is 0.225 e. The van der Waals surface area contributed by atoms with E-state index in [2.05, 4.69) is 11.8 Å². The van der Waals surface area contributed by atoms with Crippen LogP contribution in [0.4, 0.5) is 0 Å². The quantitative estimate of drug-likeness (QED) is 0.817. The van der Waals surface area contributed by atoms with Crippen LogP contribution in [0.5, 0.6) is 0 Å². The zero-order valence-electron chi connectivity index (χ0n) is 11.5. The molecular formula is C14H26N2O2. The van der Waals surface area contributed by atoms with Gasteiger partial charge in [0.25, 0.3) is 0 Å². The number of piperazine rings is 1. The number of aliphatic hydroxyl groups is 1. The van der Waals surface area contributed by atoms with Crippen molar-refractivity contribution >= 4 is 5.91 Å². The lowest BCUT2D eigenvalue weighted by molar-refractivity contribution is -0.137. The standard InChI is InChI=1S/C14H26N2O2/c1-2-13(11-17)15-7-9-16(10-8-15)14(18)12-5-3-4-6-12/h12-13,17H,2-11H2,1H3. The summed E-state index contributed by atoms with van der Waals surface area (Å²) in [5.41, 5.74) is 0. The van der Waals surface area contributed by atoms with E-state index in [1.165, 1.54) is 12.8 Å². The van der Waals surface area contributed by atoms with Gasteiger partial charge in [0, 0.05) is 38.1 Å². The van der Waals surface area contributed by atoms with Crippen LogP contribution >= 0.6 is 0 Å². The van der Waals surface area contributed by atoms with Crippen LogP contribution in [0.2, 0.25) is 0 Å². The van der Waals surface area contributed by atoms with Gasteiger partial charge in [0.1, 0.15) is 0 Å². The number of rotatable bonds is 4. The van der Waals surface area contributed by atoms with Gasteiger partial charge in [-0.25, -0.2) is 0 Å². The second kappa shape index (κ2) is 6.53. The number of carbonyl (C=O) groups is 1. The fourth-order valence-corrected chi connectivity index (χ4v) is 3.24. The maximum absolute atomic E-state index is 12.3. The Bertz CT molecular complexity index is 265. The molecule has 1 unspecified atom stereocenters. The minimum Gasteiger partial charge on any atom is -0.395 e. The summed E-state index contributed by atoms with van der Waals surface area (Å²) in [6.45, 7) is 5.84. The monoisotopic (exact) mass is 254 g/mol. The highest BCUT2D eigenvalue weighted by molar-refractivity contribution is 5.79. The molecule has 4 nitrogen and oxygen atoms in total. The van der Waals surface area contributed by atoms with Gasteiger partial charge in [-0.3, -0.25) is 9.69 Å². The van der Waals surface area contributed by atoms with Crippen LogP contribution < -0.4 is 0 Å².